The number of aromatic nitrogens is 1. The minimum Gasteiger partial charge on any atom is -0.345 e. The summed E-state index contributed by atoms with van der Waals surface area (Å²) in [5, 5.41) is 0.817. The monoisotopic (exact) mass is 431 g/mol. The molecule has 1 amide bonds. The third-order valence-corrected chi connectivity index (χ3v) is 6.73. The summed E-state index contributed by atoms with van der Waals surface area (Å²) in [7, 11) is 0. The number of benzene rings is 3. The normalized spacial score (nSPS) is 14.2. The number of para-hydroxylation sites is 1. The van der Waals surface area contributed by atoms with Crippen molar-refractivity contribution in [3.8, 4) is 0 Å². The Morgan fingerprint density at radius 3 is 2.29 bits per heavy atom. The van der Waals surface area contributed by atoms with E-state index in [-0.39, 0.29) is 11.7 Å². The molecule has 1 aliphatic rings. The molecule has 0 N–H and O–H groups in total. The predicted molar refractivity (Wildman–Crippen MR) is 123 cm³/mol. The lowest BCUT2D eigenvalue weighted by molar-refractivity contribution is 0.0747. The number of hydrogen-bond acceptors (Lipinski definition) is 4. The summed E-state index contributed by atoms with van der Waals surface area (Å²) >= 11 is 1.50. The van der Waals surface area contributed by atoms with Crippen LogP contribution in [0.1, 0.15) is 21.5 Å². The molecular weight excluding hydrogens is 409 g/mol. The van der Waals surface area contributed by atoms with Crippen LogP contribution in [0.5, 0.6) is 0 Å². The van der Waals surface area contributed by atoms with Gasteiger partial charge in [-0.15, -0.1) is 0 Å². The Kier molecular flexibility index (Phi) is 5.38. The lowest BCUT2D eigenvalue weighted by Gasteiger charge is -2.34. The van der Waals surface area contributed by atoms with Gasteiger partial charge in [0.1, 0.15) is 11.3 Å². The predicted octanol–water partition coefficient (Wildman–Crippen LogP) is 4.99. The maximum absolute atomic E-state index is 13.9. The highest BCUT2D eigenvalue weighted by Crippen LogP contribution is 2.30. The van der Waals surface area contributed by atoms with Gasteiger partial charge in [0.05, 0.1) is 4.70 Å². The zero-order valence-electron chi connectivity index (χ0n) is 17.0. The van der Waals surface area contributed by atoms with Crippen molar-refractivity contribution in [1.29, 1.82) is 0 Å². The van der Waals surface area contributed by atoms with Gasteiger partial charge in [0.2, 0.25) is 0 Å². The summed E-state index contributed by atoms with van der Waals surface area (Å²) in [5.74, 6) is -0.231. The van der Waals surface area contributed by atoms with Gasteiger partial charge in [0, 0.05) is 31.7 Å². The topological polar surface area (TPSA) is 36.4 Å². The first-order valence-electron chi connectivity index (χ1n) is 10.4. The maximum Gasteiger partial charge on any atom is 0.253 e. The van der Waals surface area contributed by atoms with Crippen molar-refractivity contribution >= 4 is 32.6 Å². The van der Waals surface area contributed by atoms with Crippen molar-refractivity contribution in [2.45, 2.75) is 6.42 Å². The van der Waals surface area contributed by atoms with E-state index in [2.05, 4.69) is 22.0 Å². The molecule has 0 spiro atoms. The zero-order valence-corrected chi connectivity index (χ0v) is 17.8. The van der Waals surface area contributed by atoms with Gasteiger partial charge in [0.15, 0.2) is 5.13 Å². The summed E-state index contributed by atoms with van der Waals surface area (Å²) < 4.78 is 14.8. The van der Waals surface area contributed by atoms with Crippen LogP contribution in [0.25, 0.3) is 10.2 Å². The quantitative estimate of drug-likeness (QED) is 0.457. The van der Waals surface area contributed by atoms with Crippen molar-refractivity contribution in [2.75, 3.05) is 31.1 Å². The number of anilines is 1. The van der Waals surface area contributed by atoms with Gasteiger partial charge in [-0.1, -0.05) is 59.9 Å². The highest BCUT2D eigenvalue weighted by atomic mass is 32.1. The van der Waals surface area contributed by atoms with E-state index in [9.17, 15) is 9.18 Å². The largest absolute Gasteiger partial charge is 0.345 e. The van der Waals surface area contributed by atoms with E-state index in [1.54, 1.807) is 6.07 Å². The van der Waals surface area contributed by atoms with Gasteiger partial charge in [0.25, 0.3) is 5.91 Å². The molecule has 1 saturated heterocycles. The Hall–Kier alpha value is -3.25. The first-order chi connectivity index (χ1) is 15.2. The first kappa shape index (κ1) is 19.7. The van der Waals surface area contributed by atoms with Crippen LogP contribution in [0.15, 0.2) is 72.8 Å². The number of amides is 1. The molecule has 4 aromatic rings. The molecule has 1 aliphatic heterocycles. The molecule has 5 rings (SSSR count). The average molecular weight is 432 g/mol. The second-order valence-electron chi connectivity index (χ2n) is 7.72. The number of piperazine rings is 1. The van der Waals surface area contributed by atoms with Crippen molar-refractivity contribution in [1.82, 2.24) is 9.88 Å². The molecule has 31 heavy (non-hydrogen) atoms. The number of rotatable bonds is 4. The number of halogens is 1. The fourth-order valence-electron chi connectivity index (χ4n) is 3.92. The number of nitrogens with zero attached hydrogens (tertiary/aromatic N) is 3. The Balaban J connectivity index is 1.22. The molecule has 0 aliphatic carbocycles. The van der Waals surface area contributed by atoms with Crippen LogP contribution in [0.2, 0.25) is 0 Å². The molecule has 1 aromatic heterocycles. The number of thiazole rings is 1. The van der Waals surface area contributed by atoms with Crippen molar-refractivity contribution in [3.63, 3.8) is 0 Å². The van der Waals surface area contributed by atoms with Gasteiger partial charge in [-0.2, -0.15) is 0 Å². The summed E-state index contributed by atoms with van der Waals surface area (Å²) in [5.41, 5.74) is 3.59. The van der Waals surface area contributed by atoms with Crippen molar-refractivity contribution in [3.05, 3.63) is 95.3 Å². The highest BCUT2D eigenvalue weighted by Gasteiger charge is 2.24. The number of carbonyl (C=O) groups is 1. The highest BCUT2D eigenvalue weighted by molar-refractivity contribution is 7.22. The molecule has 1 fully saturated rings. The van der Waals surface area contributed by atoms with E-state index < -0.39 is 0 Å². The second kappa shape index (κ2) is 8.47. The Morgan fingerprint density at radius 1 is 0.871 bits per heavy atom. The number of hydrogen-bond donors (Lipinski definition) is 0. The van der Waals surface area contributed by atoms with Gasteiger partial charge in [-0.25, -0.2) is 9.37 Å². The van der Waals surface area contributed by atoms with E-state index >= 15 is 0 Å². The molecule has 0 radical (unpaired) electrons. The van der Waals surface area contributed by atoms with E-state index in [1.165, 1.54) is 28.5 Å². The van der Waals surface area contributed by atoms with Crippen molar-refractivity contribution < 1.29 is 9.18 Å². The molecule has 156 valence electrons. The molecule has 2 heterocycles. The Morgan fingerprint density at radius 2 is 1.58 bits per heavy atom. The smallest absolute Gasteiger partial charge is 0.253 e. The lowest BCUT2D eigenvalue weighted by atomic mass is 10.0. The molecule has 0 atom stereocenters. The Bertz CT molecular complexity index is 1200. The summed E-state index contributed by atoms with van der Waals surface area (Å²) in [6.45, 7) is 2.64. The Labute approximate surface area is 184 Å². The molecule has 0 saturated carbocycles. The molecule has 0 bridgehead atoms. The van der Waals surface area contributed by atoms with Crippen molar-refractivity contribution in [2.24, 2.45) is 0 Å². The fourth-order valence-corrected chi connectivity index (χ4v) is 4.95. The minimum atomic E-state index is -0.287. The summed E-state index contributed by atoms with van der Waals surface area (Å²) in [6.07, 6.45) is 0.858. The third kappa shape index (κ3) is 4.16. The fraction of sp³-hybridized carbons (Fsp3) is 0.200. The van der Waals surface area contributed by atoms with Crippen LogP contribution in [0.3, 0.4) is 0 Å². The summed E-state index contributed by atoms with van der Waals surface area (Å²) in [4.78, 5) is 21.4. The van der Waals surface area contributed by atoms with Crippen LogP contribution in [-0.2, 0) is 6.42 Å². The van der Waals surface area contributed by atoms with E-state index in [1.807, 2.05) is 53.4 Å². The van der Waals surface area contributed by atoms with Crippen LogP contribution < -0.4 is 4.90 Å². The molecule has 6 heteroatoms. The van der Waals surface area contributed by atoms with Crippen LogP contribution in [-0.4, -0.2) is 42.0 Å². The van der Waals surface area contributed by atoms with E-state index in [4.69, 9.17) is 0 Å². The van der Waals surface area contributed by atoms with Crippen LogP contribution in [0.4, 0.5) is 9.52 Å². The van der Waals surface area contributed by atoms with Gasteiger partial charge >= 0.3 is 0 Å². The van der Waals surface area contributed by atoms with E-state index in [0.717, 1.165) is 16.3 Å². The third-order valence-electron chi connectivity index (χ3n) is 5.65. The average Bonchev–Trinajstić information content (AvgIpc) is 3.26. The molecule has 3 aromatic carbocycles. The molecule has 4 nitrogen and oxygen atoms in total. The standard InChI is InChI=1S/C25H22FN3OS/c26-21-7-4-8-22-23(21)27-25(31-22)29-15-13-28(14-16-29)24(30)20-11-9-19(10-12-20)17-18-5-2-1-3-6-18/h1-12H,13-17H2. The van der Waals surface area contributed by atoms with Crippen LogP contribution >= 0.6 is 11.3 Å². The lowest BCUT2D eigenvalue weighted by Crippen LogP contribution is -2.48. The SMILES string of the molecule is O=C(c1ccc(Cc2ccccc2)cc1)N1CCN(c2nc3c(F)cccc3s2)CC1. The zero-order chi connectivity index (χ0) is 21.2. The first-order valence-corrected chi connectivity index (χ1v) is 11.2. The minimum absolute atomic E-state index is 0.0567. The number of carbonyl (C=O) groups excluding carboxylic acids is 1. The van der Waals surface area contributed by atoms with Crippen LogP contribution in [0, 0.1) is 5.82 Å². The molecule has 0 unspecified atom stereocenters. The maximum atomic E-state index is 13.9. The second-order valence-corrected chi connectivity index (χ2v) is 8.73. The van der Waals surface area contributed by atoms with E-state index in [0.29, 0.717) is 37.3 Å². The van der Waals surface area contributed by atoms with Gasteiger partial charge < -0.3 is 9.80 Å². The molecular formula is C25H22FN3OS. The van der Waals surface area contributed by atoms with Gasteiger partial charge in [-0.3, -0.25) is 4.79 Å². The summed E-state index contributed by atoms with van der Waals surface area (Å²) in [6, 6.07) is 23.3. The number of fused-ring (bicyclic) bond motifs is 1. The van der Waals surface area contributed by atoms with Gasteiger partial charge in [-0.05, 0) is 41.8 Å².